The zero-order valence-electron chi connectivity index (χ0n) is 9.82. The van der Waals surface area contributed by atoms with Gasteiger partial charge >= 0.3 is 0 Å². The highest BCUT2D eigenvalue weighted by molar-refractivity contribution is 5.48. The fraction of sp³-hybridized carbons (Fsp3) is 0.333. The standard InChI is InChI=1S/C15H19N/c1-3-9-15(4-2)16-13-8-12-14-10-6-5-7-11-14/h2,5-8,10-12,15-16H,3,9,13H2,1H3/b12-8+. The topological polar surface area (TPSA) is 12.0 Å². The van der Waals surface area contributed by atoms with E-state index in [2.05, 4.69) is 42.4 Å². The zero-order chi connectivity index (χ0) is 11.6. The van der Waals surface area contributed by atoms with Gasteiger partial charge in [0.1, 0.15) is 0 Å². The van der Waals surface area contributed by atoms with Crippen molar-refractivity contribution in [3.8, 4) is 12.3 Å². The number of hydrogen-bond acceptors (Lipinski definition) is 1. The third-order valence-corrected chi connectivity index (χ3v) is 2.37. The molecule has 1 atom stereocenters. The summed E-state index contributed by atoms with van der Waals surface area (Å²) < 4.78 is 0. The number of benzene rings is 1. The van der Waals surface area contributed by atoms with Crippen molar-refractivity contribution < 1.29 is 0 Å². The molecule has 1 unspecified atom stereocenters. The monoisotopic (exact) mass is 213 g/mol. The molecule has 1 rings (SSSR count). The predicted molar refractivity (Wildman–Crippen MR) is 71.0 cm³/mol. The molecule has 0 fully saturated rings. The van der Waals surface area contributed by atoms with Crippen molar-refractivity contribution in [2.24, 2.45) is 0 Å². The maximum atomic E-state index is 5.42. The highest BCUT2D eigenvalue weighted by Crippen LogP contribution is 2.00. The van der Waals surface area contributed by atoms with E-state index in [9.17, 15) is 0 Å². The first-order chi connectivity index (χ1) is 7.86. The first-order valence-electron chi connectivity index (χ1n) is 5.78. The first-order valence-corrected chi connectivity index (χ1v) is 5.78. The molecule has 1 heteroatoms. The van der Waals surface area contributed by atoms with Crippen LogP contribution in [0.4, 0.5) is 0 Å². The van der Waals surface area contributed by atoms with Crippen molar-refractivity contribution in [1.82, 2.24) is 5.32 Å². The first kappa shape index (κ1) is 12.5. The van der Waals surface area contributed by atoms with E-state index in [0.717, 1.165) is 19.4 Å². The van der Waals surface area contributed by atoms with Gasteiger partial charge in [-0.1, -0.05) is 61.7 Å². The maximum Gasteiger partial charge on any atom is 0.0689 e. The molecule has 1 nitrogen and oxygen atoms in total. The van der Waals surface area contributed by atoms with Crippen LogP contribution in [0, 0.1) is 12.3 Å². The number of rotatable bonds is 6. The van der Waals surface area contributed by atoms with Crippen molar-refractivity contribution in [2.75, 3.05) is 6.54 Å². The Morgan fingerprint density at radius 2 is 2.12 bits per heavy atom. The average molecular weight is 213 g/mol. The van der Waals surface area contributed by atoms with Crippen LogP contribution in [0.3, 0.4) is 0 Å². The van der Waals surface area contributed by atoms with E-state index >= 15 is 0 Å². The van der Waals surface area contributed by atoms with Crippen LogP contribution in [0.25, 0.3) is 6.08 Å². The van der Waals surface area contributed by atoms with Gasteiger partial charge in [0.05, 0.1) is 6.04 Å². The largest absolute Gasteiger partial charge is 0.300 e. The highest BCUT2D eigenvalue weighted by Gasteiger charge is 1.99. The molecule has 0 saturated heterocycles. The fourth-order valence-electron chi connectivity index (χ4n) is 1.50. The second-order valence-corrected chi connectivity index (χ2v) is 3.73. The summed E-state index contributed by atoms with van der Waals surface area (Å²) in [6.45, 7) is 2.97. The van der Waals surface area contributed by atoms with Crippen molar-refractivity contribution in [2.45, 2.75) is 25.8 Å². The Balaban J connectivity index is 2.30. The maximum absolute atomic E-state index is 5.42. The van der Waals surface area contributed by atoms with E-state index in [1.165, 1.54) is 5.56 Å². The minimum absolute atomic E-state index is 0.199. The van der Waals surface area contributed by atoms with Crippen LogP contribution < -0.4 is 5.32 Å². The van der Waals surface area contributed by atoms with Gasteiger partial charge in [-0.2, -0.15) is 0 Å². The Morgan fingerprint density at radius 3 is 2.75 bits per heavy atom. The Kier molecular flexibility index (Phi) is 6.06. The van der Waals surface area contributed by atoms with Crippen LogP contribution in [0.2, 0.25) is 0 Å². The van der Waals surface area contributed by atoms with Crippen LogP contribution in [-0.4, -0.2) is 12.6 Å². The van der Waals surface area contributed by atoms with Crippen LogP contribution >= 0.6 is 0 Å². The van der Waals surface area contributed by atoms with Gasteiger partial charge in [0.2, 0.25) is 0 Å². The molecule has 0 heterocycles. The predicted octanol–water partition coefficient (Wildman–Crippen LogP) is 3.09. The van der Waals surface area contributed by atoms with Gasteiger partial charge in [-0.15, -0.1) is 6.42 Å². The van der Waals surface area contributed by atoms with E-state index in [0.29, 0.717) is 0 Å². The summed E-state index contributed by atoms with van der Waals surface area (Å²) in [5.41, 5.74) is 1.22. The van der Waals surface area contributed by atoms with E-state index in [4.69, 9.17) is 6.42 Å². The van der Waals surface area contributed by atoms with Crippen molar-refractivity contribution in [3.05, 3.63) is 42.0 Å². The van der Waals surface area contributed by atoms with Crippen molar-refractivity contribution >= 4 is 6.08 Å². The summed E-state index contributed by atoms with van der Waals surface area (Å²) in [5.74, 6) is 2.76. The lowest BCUT2D eigenvalue weighted by molar-refractivity contribution is 0.596. The summed E-state index contributed by atoms with van der Waals surface area (Å²) >= 11 is 0. The lowest BCUT2D eigenvalue weighted by atomic mass is 10.2. The van der Waals surface area contributed by atoms with E-state index in [1.54, 1.807) is 0 Å². The van der Waals surface area contributed by atoms with Gasteiger partial charge in [0.15, 0.2) is 0 Å². The lowest BCUT2D eigenvalue weighted by Crippen LogP contribution is -2.27. The highest BCUT2D eigenvalue weighted by atomic mass is 14.9. The molecule has 0 saturated carbocycles. The minimum Gasteiger partial charge on any atom is -0.300 e. The van der Waals surface area contributed by atoms with Crippen LogP contribution in [0.5, 0.6) is 0 Å². The van der Waals surface area contributed by atoms with Gasteiger partial charge in [0.25, 0.3) is 0 Å². The molecule has 0 aliphatic heterocycles. The van der Waals surface area contributed by atoms with Crippen LogP contribution in [0.1, 0.15) is 25.3 Å². The summed E-state index contributed by atoms with van der Waals surface area (Å²) in [7, 11) is 0. The Bertz CT molecular complexity index is 345. The summed E-state index contributed by atoms with van der Waals surface area (Å²) in [5, 5.41) is 3.32. The summed E-state index contributed by atoms with van der Waals surface area (Å²) in [6.07, 6.45) is 11.8. The van der Waals surface area contributed by atoms with Crippen LogP contribution in [-0.2, 0) is 0 Å². The molecule has 0 radical (unpaired) electrons. The molecule has 1 aromatic rings. The molecular formula is C15H19N. The molecule has 1 N–H and O–H groups in total. The fourth-order valence-corrected chi connectivity index (χ4v) is 1.50. The van der Waals surface area contributed by atoms with E-state index < -0.39 is 0 Å². The Labute approximate surface area is 98.6 Å². The van der Waals surface area contributed by atoms with Gasteiger partial charge in [0, 0.05) is 6.54 Å². The molecule has 84 valence electrons. The second-order valence-electron chi connectivity index (χ2n) is 3.73. The average Bonchev–Trinajstić information content (AvgIpc) is 2.34. The molecular weight excluding hydrogens is 194 g/mol. The SMILES string of the molecule is C#CC(CCC)NC/C=C/c1ccccc1. The molecule has 0 bridgehead atoms. The number of hydrogen-bond donors (Lipinski definition) is 1. The van der Waals surface area contributed by atoms with E-state index in [1.807, 2.05) is 18.2 Å². The van der Waals surface area contributed by atoms with Gasteiger partial charge < -0.3 is 5.32 Å². The van der Waals surface area contributed by atoms with Gasteiger partial charge in [-0.3, -0.25) is 0 Å². The molecule has 1 aromatic carbocycles. The molecule has 0 aliphatic carbocycles. The Hall–Kier alpha value is -1.52. The molecule has 0 amide bonds. The second kappa shape index (κ2) is 7.73. The third-order valence-electron chi connectivity index (χ3n) is 2.37. The smallest absolute Gasteiger partial charge is 0.0689 e. The third kappa shape index (κ3) is 4.82. The Morgan fingerprint density at radius 1 is 1.38 bits per heavy atom. The van der Waals surface area contributed by atoms with Crippen molar-refractivity contribution in [3.63, 3.8) is 0 Å². The zero-order valence-corrected chi connectivity index (χ0v) is 9.82. The molecule has 16 heavy (non-hydrogen) atoms. The normalized spacial score (nSPS) is 12.5. The molecule has 0 spiro atoms. The van der Waals surface area contributed by atoms with Gasteiger partial charge in [-0.05, 0) is 12.0 Å². The summed E-state index contributed by atoms with van der Waals surface area (Å²) in [4.78, 5) is 0. The van der Waals surface area contributed by atoms with Crippen molar-refractivity contribution in [1.29, 1.82) is 0 Å². The number of terminal acetylenes is 1. The molecule has 0 aromatic heterocycles. The summed E-state index contributed by atoms with van der Waals surface area (Å²) in [6, 6.07) is 10.5. The molecule has 0 aliphatic rings. The van der Waals surface area contributed by atoms with Crippen LogP contribution in [0.15, 0.2) is 36.4 Å². The lowest BCUT2D eigenvalue weighted by Gasteiger charge is -2.09. The van der Waals surface area contributed by atoms with Gasteiger partial charge in [-0.25, -0.2) is 0 Å². The quantitative estimate of drug-likeness (QED) is 0.716. The van der Waals surface area contributed by atoms with E-state index in [-0.39, 0.29) is 6.04 Å². The number of nitrogens with one attached hydrogen (secondary N) is 1. The minimum atomic E-state index is 0.199.